The Bertz CT molecular complexity index is 2070. The molecule has 1 amide bonds. The first-order valence-corrected chi connectivity index (χ1v) is 23.4. The third-order valence-corrected chi connectivity index (χ3v) is 16.7. The largest absolute Gasteiger partial charge is 0.446 e. The molecule has 6 fully saturated rings. The van der Waals surface area contributed by atoms with E-state index in [1.165, 1.54) is 47.4 Å². The van der Waals surface area contributed by atoms with E-state index < -0.39 is 46.0 Å². The van der Waals surface area contributed by atoms with Gasteiger partial charge < -0.3 is 34.9 Å². The van der Waals surface area contributed by atoms with Gasteiger partial charge >= 0.3 is 6.09 Å². The van der Waals surface area contributed by atoms with Crippen LogP contribution in [-0.2, 0) is 30.7 Å². The summed E-state index contributed by atoms with van der Waals surface area (Å²) in [7, 11) is -4.17. The third kappa shape index (κ3) is 7.75. The highest BCUT2D eigenvalue weighted by atomic mass is 32.2. The van der Waals surface area contributed by atoms with Crippen molar-refractivity contribution in [3.63, 3.8) is 0 Å². The van der Waals surface area contributed by atoms with E-state index in [0.717, 1.165) is 72.8 Å². The maximum Gasteiger partial charge on any atom is 0.407 e. The first-order valence-electron chi connectivity index (χ1n) is 21.1. The number of anilines is 1. The number of carbonyl (C=O) groups is 1. The van der Waals surface area contributed by atoms with Gasteiger partial charge in [0.05, 0.1) is 40.5 Å². The fourth-order valence-corrected chi connectivity index (χ4v) is 13.8. The van der Waals surface area contributed by atoms with E-state index in [9.17, 15) is 27.1 Å². The average Bonchev–Trinajstić information content (AvgIpc) is 3.99. The lowest BCUT2D eigenvalue weighted by molar-refractivity contribution is -0.0911. The lowest BCUT2D eigenvalue weighted by atomic mass is 9.59. The summed E-state index contributed by atoms with van der Waals surface area (Å²) in [5.74, 6) is -1.44. The molecule has 9 rings (SSSR count). The zero-order chi connectivity index (χ0) is 40.3. The van der Waals surface area contributed by atoms with Gasteiger partial charge in [0.2, 0.25) is 10.0 Å². The summed E-state index contributed by atoms with van der Waals surface area (Å²) in [4.78, 5) is 21.2. The number of amides is 1. The number of rotatable bonds is 14. The van der Waals surface area contributed by atoms with Crippen LogP contribution >= 0.6 is 11.3 Å². The number of piperidine rings is 1. The maximum atomic E-state index is 14.4. The van der Waals surface area contributed by atoms with Gasteiger partial charge in [0.15, 0.2) is 11.4 Å². The molecule has 3 aliphatic heterocycles. The van der Waals surface area contributed by atoms with E-state index in [2.05, 4.69) is 15.5 Å². The summed E-state index contributed by atoms with van der Waals surface area (Å²) in [6.45, 7) is 6.59. The van der Waals surface area contributed by atoms with Crippen molar-refractivity contribution in [2.75, 3.05) is 44.7 Å². The van der Waals surface area contributed by atoms with Crippen LogP contribution in [0, 0.1) is 40.7 Å². The van der Waals surface area contributed by atoms with Crippen molar-refractivity contribution in [1.82, 2.24) is 19.5 Å². The Morgan fingerprint density at radius 1 is 1.07 bits per heavy atom. The molecule has 0 radical (unpaired) electrons. The van der Waals surface area contributed by atoms with E-state index in [4.69, 9.17) is 19.2 Å². The SMILES string of the molecule is CC(C)CN(C[C@@H](O)[C@H](Cc1cc(F)cc(F)c1)NC(=O)OC1C2COC3OCC4(CCC14)C32)S(=O)(=O)c1ccc2nc(NC3CCN(C4CCCC4)CC3)sc2c1. The number of thiazole rings is 1. The number of nitrogens with zero attached hydrogens (tertiary/aromatic N) is 3. The number of aromatic nitrogens is 1. The summed E-state index contributed by atoms with van der Waals surface area (Å²) in [6.07, 6.45) is 6.09. The van der Waals surface area contributed by atoms with E-state index in [0.29, 0.717) is 24.8 Å². The van der Waals surface area contributed by atoms with E-state index in [1.54, 1.807) is 12.1 Å². The average molecular weight is 844 g/mol. The number of aliphatic hydroxyl groups is 1. The molecule has 2 aromatic carbocycles. The second-order valence-corrected chi connectivity index (χ2v) is 21.0. The molecule has 6 aliphatic rings. The molecule has 4 heterocycles. The van der Waals surface area contributed by atoms with Gasteiger partial charge in [0, 0.05) is 67.5 Å². The van der Waals surface area contributed by atoms with Crippen LogP contribution in [-0.4, -0.2) is 110 Å². The predicted molar refractivity (Wildman–Crippen MR) is 215 cm³/mol. The van der Waals surface area contributed by atoms with Crippen LogP contribution in [0.15, 0.2) is 41.3 Å². The summed E-state index contributed by atoms with van der Waals surface area (Å²) in [5.41, 5.74) is 0.825. The van der Waals surface area contributed by atoms with Crippen molar-refractivity contribution in [3.8, 4) is 0 Å². The molecule has 1 aromatic heterocycles. The zero-order valence-corrected chi connectivity index (χ0v) is 34.8. The molecule has 58 heavy (non-hydrogen) atoms. The molecule has 1 spiro atoms. The minimum atomic E-state index is -4.17. The van der Waals surface area contributed by atoms with Crippen molar-refractivity contribution in [1.29, 1.82) is 0 Å². The second kappa shape index (κ2) is 16.1. The molecule has 316 valence electrons. The van der Waals surface area contributed by atoms with Crippen molar-refractivity contribution in [2.24, 2.45) is 29.1 Å². The Kier molecular flexibility index (Phi) is 11.2. The molecule has 3 N–H and O–H groups in total. The third-order valence-electron chi connectivity index (χ3n) is 13.9. The monoisotopic (exact) mass is 843 g/mol. The van der Waals surface area contributed by atoms with Gasteiger partial charge in [-0.05, 0) is 86.8 Å². The summed E-state index contributed by atoms with van der Waals surface area (Å²) < 4.78 is 77.4. The Morgan fingerprint density at radius 3 is 2.53 bits per heavy atom. The lowest BCUT2D eigenvalue weighted by Gasteiger charge is -2.45. The number of halogens is 2. The standard InChI is InChI=1S/C42H55F2N5O7S2/c1-24(2)20-49(58(52,53)30-7-8-33-36(19-30)57-40(46-33)45-28-10-13-48(14-11-28)29-5-3-4-6-29)21-35(50)34(17-25-15-26(43)18-27(44)16-25)47-41(51)56-38-31-22-54-39-37(31)42(23-55-39)12-9-32(38)42/h7-8,15-16,18-19,24,28-29,31-32,34-35,37-39,50H,3-6,9-14,17,20-23H2,1-2H3,(H,45,46)(H,47,51)/t31?,32?,34-,35+,37?,38?,39?,42?/m0/s1. The first kappa shape index (κ1) is 40.4. The van der Waals surface area contributed by atoms with Crippen LogP contribution in [0.3, 0.4) is 0 Å². The highest BCUT2D eigenvalue weighted by molar-refractivity contribution is 7.89. The number of sulfonamides is 1. The number of alkyl carbamates (subject to hydrolysis) is 1. The quantitative estimate of drug-likeness (QED) is 0.174. The van der Waals surface area contributed by atoms with E-state index in [-0.39, 0.29) is 65.3 Å². The van der Waals surface area contributed by atoms with Crippen LogP contribution in [0.4, 0.5) is 18.7 Å². The Labute approximate surface area is 343 Å². The molecule has 6 unspecified atom stereocenters. The van der Waals surface area contributed by atoms with Gasteiger partial charge in [-0.15, -0.1) is 0 Å². The minimum Gasteiger partial charge on any atom is -0.446 e. The van der Waals surface area contributed by atoms with Gasteiger partial charge in [-0.1, -0.05) is 38.0 Å². The molecule has 8 atom stereocenters. The molecule has 3 saturated carbocycles. The summed E-state index contributed by atoms with van der Waals surface area (Å²) in [5, 5.41) is 19.0. The van der Waals surface area contributed by atoms with E-state index >= 15 is 0 Å². The normalized spacial score (nSPS) is 29.8. The number of likely N-dealkylation sites (tertiary alicyclic amines) is 1. The zero-order valence-electron chi connectivity index (χ0n) is 33.2. The molecular weight excluding hydrogens is 789 g/mol. The molecule has 3 aliphatic carbocycles. The van der Waals surface area contributed by atoms with Gasteiger partial charge in [0.25, 0.3) is 0 Å². The number of benzene rings is 2. The molecule has 0 bridgehead atoms. The lowest BCUT2D eigenvalue weighted by Crippen LogP contribution is -2.52. The first-order chi connectivity index (χ1) is 27.9. The van der Waals surface area contributed by atoms with Gasteiger partial charge in [-0.3, -0.25) is 0 Å². The Hall–Kier alpha value is -2.99. The van der Waals surface area contributed by atoms with Crippen LogP contribution < -0.4 is 10.6 Å². The highest BCUT2D eigenvalue weighted by Crippen LogP contribution is 2.69. The molecule has 16 heteroatoms. The predicted octanol–water partition coefficient (Wildman–Crippen LogP) is 6.14. The number of fused-ring (bicyclic) bond motifs is 1. The summed E-state index contributed by atoms with van der Waals surface area (Å²) >= 11 is 1.42. The number of nitrogens with one attached hydrogen (secondary N) is 2. The highest BCUT2D eigenvalue weighted by Gasteiger charge is 2.73. The topological polar surface area (TPSA) is 143 Å². The van der Waals surface area contributed by atoms with E-state index in [1.807, 2.05) is 13.8 Å². The number of hydrogen-bond acceptors (Lipinski definition) is 11. The Balaban J connectivity index is 0.904. The van der Waals surface area contributed by atoms with Crippen molar-refractivity contribution < 1.29 is 41.3 Å². The van der Waals surface area contributed by atoms with Gasteiger partial charge in [0.1, 0.15) is 17.7 Å². The number of aliphatic hydroxyl groups excluding tert-OH is 1. The number of ether oxygens (including phenoxy) is 3. The van der Waals surface area contributed by atoms with Crippen LogP contribution in [0.5, 0.6) is 0 Å². The van der Waals surface area contributed by atoms with Crippen LogP contribution in [0.2, 0.25) is 0 Å². The minimum absolute atomic E-state index is 0.0136. The Morgan fingerprint density at radius 2 is 1.83 bits per heavy atom. The van der Waals surface area contributed by atoms with Crippen molar-refractivity contribution >= 4 is 42.8 Å². The molecule has 3 aromatic rings. The maximum absolute atomic E-state index is 14.4. The molecule has 3 saturated heterocycles. The fourth-order valence-electron chi connectivity index (χ4n) is 11.0. The smallest absolute Gasteiger partial charge is 0.407 e. The fraction of sp³-hybridized carbons (Fsp3) is 0.667. The van der Waals surface area contributed by atoms with Gasteiger partial charge in [-0.25, -0.2) is 27.0 Å². The second-order valence-electron chi connectivity index (χ2n) is 18.0. The molecule has 12 nitrogen and oxygen atoms in total. The van der Waals surface area contributed by atoms with Crippen molar-refractivity contribution in [2.45, 2.75) is 113 Å². The van der Waals surface area contributed by atoms with Gasteiger partial charge in [-0.2, -0.15) is 4.31 Å². The summed E-state index contributed by atoms with van der Waals surface area (Å²) in [6, 6.07) is 7.78. The van der Waals surface area contributed by atoms with Crippen LogP contribution in [0.25, 0.3) is 10.2 Å². The number of carbonyl (C=O) groups excluding carboxylic acids is 1. The molecular formula is C42H55F2N5O7S2. The number of hydrogen-bond donors (Lipinski definition) is 3. The van der Waals surface area contributed by atoms with Crippen LogP contribution in [0.1, 0.15) is 70.8 Å². The van der Waals surface area contributed by atoms with Crippen molar-refractivity contribution in [3.05, 3.63) is 53.6 Å².